The van der Waals surface area contributed by atoms with Crippen LogP contribution in [0.25, 0.3) is 0 Å². The molecular formula is C13H17N3O5. The Morgan fingerprint density at radius 2 is 2.33 bits per heavy atom. The molecule has 1 aliphatic heterocycles. The Morgan fingerprint density at radius 1 is 1.62 bits per heavy atom. The number of pyridine rings is 1. The maximum atomic E-state index is 11.3. The van der Waals surface area contributed by atoms with E-state index in [1.165, 1.54) is 0 Å². The highest BCUT2D eigenvalue weighted by atomic mass is 16.6. The van der Waals surface area contributed by atoms with Crippen LogP contribution in [0.5, 0.6) is 0 Å². The number of ether oxygens (including phenoxy) is 1. The smallest absolute Gasteiger partial charge is 0.339 e. The number of rotatable bonds is 4. The van der Waals surface area contributed by atoms with Crippen LogP contribution in [0.4, 0.5) is 11.5 Å². The predicted molar refractivity (Wildman–Crippen MR) is 74.6 cm³/mol. The highest BCUT2D eigenvalue weighted by Crippen LogP contribution is 2.28. The molecule has 1 saturated heterocycles. The number of carbonyl (C=O) groups is 1. The minimum atomic E-state index is -1.23. The van der Waals surface area contributed by atoms with Gasteiger partial charge in [0.15, 0.2) is 0 Å². The van der Waals surface area contributed by atoms with Crippen LogP contribution >= 0.6 is 0 Å². The highest BCUT2D eigenvalue weighted by molar-refractivity contribution is 5.94. The Balaban J connectivity index is 2.35. The summed E-state index contributed by atoms with van der Waals surface area (Å²) in [6.07, 6.45) is 1.91. The van der Waals surface area contributed by atoms with Crippen molar-refractivity contribution < 1.29 is 19.6 Å². The molecule has 114 valence electrons. The normalized spacial score (nSPS) is 22.1. The third-order valence-corrected chi connectivity index (χ3v) is 3.79. The lowest BCUT2D eigenvalue weighted by molar-refractivity contribution is -0.385. The molecule has 0 spiro atoms. The quantitative estimate of drug-likeness (QED) is 0.663. The predicted octanol–water partition coefficient (Wildman–Crippen LogP) is 1.55. The summed E-state index contributed by atoms with van der Waals surface area (Å²) in [5.74, 6) is -0.603. The van der Waals surface area contributed by atoms with Gasteiger partial charge in [0.25, 0.3) is 5.69 Å². The molecule has 2 atom stereocenters. The fourth-order valence-corrected chi connectivity index (χ4v) is 2.49. The monoisotopic (exact) mass is 295 g/mol. The number of nitro groups is 1. The summed E-state index contributed by atoms with van der Waals surface area (Å²) in [6, 6.07) is 1.05. The van der Waals surface area contributed by atoms with Crippen molar-refractivity contribution in [3.05, 3.63) is 27.9 Å². The van der Waals surface area contributed by atoms with E-state index in [0.29, 0.717) is 19.0 Å². The number of aromatic carboxylic acids is 1. The van der Waals surface area contributed by atoms with Gasteiger partial charge in [0.05, 0.1) is 11.0 Å². The zero-order valence-corrected chi connectivity index (χ0v) is 11.9. The van der Waals surface area contributed by atoms with E-state index >= 15 is 0 Å². The minimum absolute atomic E-state index is 0.0163. The number of hydrogen-bond acceptors (Lipinski definition) is 6. The molecule has 1 N–H and O–H groups in total. The fraction of sp³-hybridized carbons (Fsp3) is 0.538. The molecule has 0 bridgehead atoms. The van der Waals surface area contributed by atoms with Gasteiger partial charge < -0.3 is 14.7 Å². The maximum Gasteiger partial charge on any atom is 0.339 e. The standard InChI is InChI=1S/C13H17N3O5/c1-8-3-4-15(7-11(8)21-2)12-10(13(17)18)5-9(6-14-12)16(19)20/h5-6,8,11H,3-4,7H2,1-2H3,(H,17,18). The van der Waals surface area contributed by atoms with Gasteiger partial charge in [-0.15, -0.1) is 0 Å². The SMILES string of the molecule is COC1CN(c2ncc([N+](=O)[O-])cc2C(=O)O)CCC1C. The molecule has 0 radical (unpaired) electrons. The molecule has 0 aromatic carbocycles. The molecule has 8 heteroatoms. The first-order valence-corrected chi connectivity index (χ1v) is 6.59. The lowest BCUT2D eigenvalue weighted by Gasteiger charge is -2.37. The molecule has 0 amide bonds. The number of aromatic nitrogens is 1. The van der Waals surface area contributed by atoms with Gasteiger partial charge in [-0.25, -0.2) is 9.78 Å². The Kier molecular flexibility index (Phi) is 4.37. The van der Waals surface area contributed by atoms with Gasteiger partial charge in [-0.3, -0.25) is 10.1 Å². The Hall–Kier alpha value is -2.22. The average Bonchev–Trinajstić information content (AvgIpc) is 2.47. The maximum absolute atomic E-state index is 11.3. The zero-order valence-electron chi connectivity index (χ0n) is 11.9. The van der Waals surface area contributed by atoms with Crippen molar-refractivity contribution in [2.45, 2.75) is 19.4 Å². The number of carboxylic acids is 1. The van der Waals surface area contributed by atoms with Gasteiger partial charge >= 0.3 is 5.97 Å². The molecule has 0 aliphatic carbocycles. The summed E-state index contributed by atoms with van der Waals surface area (Å²) in [7, 11) is 1.62. The summed E-state index contributed by atoms with van der Waals surface area (Å²) < 4.78 is 5.39. The topological polar surface area (TPSA) is 106 Å². The van der Waals surface area contributed by atoms with Gasteiger partial charge in [-0.1, -0.05) is 6.92 Å². The average molecular weight is 295 g/mol. The second kappa shape index (κ2) is 6.04. The molecular weight excluding hydrogens is 278 g/mol. The minimum Gasteiger partial charge on any atom is -0.478 e. The Morgan fingerprint density at radius 3 is 2.90 bits per heavy atom. The van der Waals surface area contributed by atoms with E-state index in [1.807, 2.05) is 0 Å². The van der Waals surface area contributed by atoms with Crippen molar-refractivity contribution >= 4 is 17.5 Å². The summed E-state index contributed by atoms with van der Waals surface area (Å²) in [4.78, 5) is 27.2. The number of hydrogen-bond donors (Lipinski definition) is 1. The second-order valence-corrected chi connectivity index (χ2v) is 5.11. The van der Waals surface area contributed by atoms with Crippen molar-refractivity contribution in [3.8, 4) is 0 Å². The lowest BCUT2D eigenvalue weighted by Crippen LogP contribution is -2.44. The molecule has 21 heavy (non-hydrogen) atoms. The van der Waals surface area contributed by atoms with Crippen LogP contribution in [0.1, 0.15) is 23.7 Å². The summed E-state index contributed by atoms with van der Waals surface area (Å²) >= 11 is 0. The molecule has 2 heterocycles. The fourth-order valence-electron chi connectivity index (χ4n) is 2.49. The lowest BCUT2D eigenvalue weighted by atomic mass is 9.95. The number of methoxy groups -OCH3 is 1. The van der Waals surface area contributed by atoms with Crippen molar-refractivity contribution in [1.82, 2.24) is 4.98 Å². The van der Waals surface area contributed by atoms with E-state index in [2.05, 4.69) is 11.9 Å². The highest BCUT2D eigenvalue weighted by Gasteiger charge is 2.30. The second-order valence-electron chi connectivity index (χ2n) is 5.11. The van der Waals surface area contributed by atoms with Gasteiger partial charge in [-0.05, 0) is 12.3 Å². The summed E-state index contributed by atoms with van der Waals surface area (Å²) in [6.45, 7) is 3.24. The van der Waals surface area contributed by atoms with E-state index in [9.17, 15) is 20.0 Å². The van der Waals surface area contributed by atoms with E-state index in [4.69, 9.17) is 4.74 Å². The molecule has 2 unspecified atom stereocenters. The van der Waals surface area contributed by atoms with Gasteiger partial charge in [0.2, 0.25) is 0 Å². The van der Waals surface area contributed by atoms with Crippen LogP contribution in [0.3, 0.4) is 0 Å². The summed E-state index contributed by atoms with van der Waals surface area (Å²) in [5.41, 5.74) is -0.488. The van der Waals surface area contributed by atoms with Gasteiger partial charge in [-0.2, -0.15) is 0 Å². The largest absolute Gasteiger partial charge is 0.478 e. The van der Waals surface area contributed by atoms with Crippen LogP contribution in [-0.4, -0.2) is 47.3 Å². The third-order valence-electron chi connectivity index (χ3n) is 3.79. The molecule has 1 aromatic rings. The zero-order chi connectivity index (χ0) is 15.6. The van der Waals surface area contributed by atoms with Crippen LogP contribution in [0.2, 0.25) is 0 Å². The van der Waals surface area contributed by atoms with Crippen LogP contribution < -0.4 is 4.90 Å². The first-order valence-electron chi connectivity index (χ1n) is 6.59. The molecule has 0 saturated carbocycles. The van der Waals surface area contributed by atoms with Crippen LogP contribution in [0, 0.1) is 16.0 Å². The van der Waals surface area contributed by atoms with Crippen molar-refractivity contribution in [1.29, 1.82) is 0 Å². The van der Waals surface area contributed by atoms with Crippen molar-refractivity contribution in [2.75, 3.05) is 25.1 Å². The van der Waals surface area contributed by atoms with Crippen molar-refractivity contribution in [2.24, 2.45) is 5.92 Å². The third kappa shape index (κ3) is 3.10. The van der Waals surface area contributed by atoms with E-state index < -0.39 is 10.9 Å². The summed E-state index contributed by atoms with van der Waals surface area (Å²) in [5, 5.41) is 20.0. The van der Waals surface area contributed by atoms with E-state index in [0.717, 1.165) is 18.7 Å². The Labute approximate surface area is 121 Å². The van der Waals surface area contributed by atoms with Crippen LogP contribution in [0.15, 0.2) is 12.3 Å². The van der Waals surface area contributed by atoms with E-state index in [1.54, 1.807) is 12.0 Å². The molecule has 8 nitrogen and oxygen atoms in total. The number of piperidine rings is 1. The first kappa shape index (κ1) is 15.2. The van der Waals surface area contributed by atoms with Gasteiger partial charge in [0, 0.05) is 26.3 Å². The van der Waals surface area contributed by atoms with Crippen LogP contribution in [-0.2, 0) is 4.74 Å². The molecule has 1 aliphatic rings. The van der Waals surface area contributed by atoms with Crippen molar-refractivity contribution in [3.63, 3.8) is 0 Å². The van der Waals surface area contributed by atoms with Gasteiger partial charge in [0.1, 0.15) is 17.6 Å². The number of anilines is 1. The molecule has 1 fully saturated rings. The van der Waals surface area contributed by atoms with E-state index in [-0.39, 0.29) is 23.2 Å². The Bertz CT molecular complexity index is 563. The first-order chi connectivity index (χ1) is 9.93. The molecule has 1 aromatic heterocycles. The number of carboxylic acid groups (broad SMARTS) is 1. The molecule has 2 rings (SSSR count). The number of nitrogens with zero attached hydrogens (tertiary/aromatic N) is 3.